The molecule has 1 aliphatic rings. The van der Waals surface area contributed by atoms with Gasteiger partial charge < -0.3 is 4.57 Å². The third-order valence-corrected chi connectivity index (χ3v) is 5.62. The van der Waals surface area contributed by atoms with E-state index < -0.39 is 0 Å². The van der Waals surface area contributed by atoms with Crippen LogP contribution in [0.4, 0.5) is 0 Å². The molecular weight excluding hydrogens is 328 g/mol. The van der Waals surface area contributed by atoms with E-state index >= 15 is 0 Å². The van der Waals surface area contributed by atoms with Crippen LogP contribution >= 0.6 is 11.6 Å². The predicted octanol–water partition coefficient (Wildman–Crippen LogP) is 5.06. The van der Waals surface area contributed by atoms with Gasteiger partial charge in [0.1, 0.15) is 0 Å². The molecule has 4 rings (SSSR count). The second-order valence-corrected chi connectivity index (χ2v) is 7.28. The van der Waals surface area contributed by atoms with Crippen molar-refractivity contribution in [3.8, 4) is 0 Å². The third kappa shape index (κ3) is 3.51. The lowest BCUT2D eigenvalue weighted by Crippen LogP contribution is -2.30. The summed E-state index contributed by atoms with van der Waals surface area (Å²) < 4.78 is 2.30. The molecule has 0 saturated carbocycles. The SMILES string of the molecule is Cc1c(CN2CCc3ccccc3C2)ccn1Cc1ccccc1Cl. The average molecular weight is 351 g/mol. The molecule has 3 heteroatoms. The Labute approximate surface area is 154 Å². The number of halogens is 1. The number of hydrogen-bond acceptors (Lipinski definition) is 1. The minimum atomic E-state index is 0.828. The van der Waals surface area contributed by atoms with E-state index in [2.05, 4.69) is 59.0 Å². The summed E-state index contributed by atoms with van der Waals surface area (Å²) in [6, 6.07) is 19.2. The molecule has 1 aliphatic heterocycles. The van der Waals surface area contributed by atoms with Gasteiger partial charge in [0, 0.05) is 43.1 Å². The summed E-state index contributed by atoms with van der Waals surface area (Å²) in [6.45, 7) is 6.23. The van der Waals surface area contributed by atoms with Crippen molar-refractivity contribution < 1.29 is 0 Å². The van der Waals surface area contributed by atoms with Crippen LogP contribution in [0.1, 0.15) is 27.9 Å². The van der Waals surface area contributed by atoms with Crippen LogP contribution in [-0.2, 0) is 26.1 Å². The third-order valence-electron chi connectivity index (χ3n) is 5.25. The molecule has 0 radical (unpaired) electrons. The summed E-state index contributed by atoms with van der Waals surface area (Å²) in [7, 11) is 0. The molecule has 0 spiro atoms. The second kappa shape index (κ2) is 7.07. The lowest BCUT2D eigenvalue weighted by atomic mass is 9.99. The normalized spacial score (nSPS) is 14.5. The number of aromatic nitrogens is 1. The molecule has 2 nitrogen and oxygen atoms in total. The van der Waals surface area contributed by atoms with Gasteiger partial charge in [0.05, 0.1) is 0 Å². The first kappa shape index (κ1) is 16.4. The molecule has 0 unspecified atom stereocenters. The zero-order valence-electron chi connectivity index (χ0n) is 14.6. The van der Waals surface area contributed by atoms with Crippen molar-refractivity contribution in [1.82, 2.24) is 9.47 Å². The van der Waals surface area contributed by atoms with E-state index in [1.165, 1.54) is 27.9 Å². The van der Waals surface area contributed by atoms with Crippen LogP contribution in [0.25, 0.3) is 0 Å². The summed E-state index contributed by atoms with van der Waals surface area (Å²) >= 11 is 6.32. The first-order valence-electron chi connectivity index (χ1n) is 8.88. The summed E-state index contributed by atoms with van der Waals surface area (Å²) in [4.78, 5) is 2.55. The molecule has 2 aromatic carbocycles. The van der Waals surface area contributed by atoms with Gasteiger partial charge in [-0.25, -0.2) is 0 Å². The van der Waals surface area contributed by atoms with E-state index in [1.807, 2.05) is 18.2 Å². The van der Waals surface area contributed by atoms with Gasteiger partial charge in [0.2, 0.25) is 0 Å². The van der Waals surface area contributed by atoms with Crippen LogP contribution in [0.3, 0.4) is 0 Å². The molecule has 3 aromatic rings. The number of nitrogens with zero attached hydrogens (tertiary/aromatic N) is 2. The summed E-state index contributed by atoms with van der Waals surface area (Å²) in [5.74, 6) is 0. The van der Waals surface area contributed by atoms with Gasteiger partial charge in [-0.15, -0.1) is 0 Å². The molecule has 128 valence electrons. The molecule has 2 heterocycles. The second-order valence-electron chi connectivity index (χ2n) is 6.88. The molecule has 1 aromatic heterocycles. The molecule has 0 fully saturated rings. The van der Waals surface area contributed by atoms with E-state index in [4.69, 9.17) is 11.6 Å². The molecule has 0 atom stereocenters. The molecule has 0 amide bonds. The van der Waals surface area contributed by atoms with E-state index in [1.54, 1.807) is 0 Å². The molecule has 25 heavy (non-hydrogen) atoms. The van der Waals surface area contributed by atoms with Gasteiger partial charge in [0.15, 0.2) is 0 Å². The Morgan fingerprint density at radius 2 is 1.64 bits per heavy atom. The van der Waals surface area contributed by atoms with E-state index in [0.29, 0.717) is 0 Å². The summed E-state index contributed by atoms with van der Waals surface area (Å²) in [5, 5.41) is 0.838. The Hall–Kier alpha value is -2.03. The summed E-state index contributed by atoms with van der Waals surface area (Å²) in [6.07, 6.45) is 3.33. The number of benzene rings is 2. The Morgan fingerprint density at radius 3 is 2.48 bits per heavy atom. The predicted molar refractivity (Wildman–Crippen MR) is 104 cm³/mol. The van der Waals surface area contributed by atoms with Gasteiger partial charge in [-0.3, -0.25) is 4.90 Å². The zero-order chi connectivity index (χ0) is 17.2. The fourth-order valence-corrected chi connectivity index (χ4v) is 3.87. The molecule has 0 aliphatic carbocycles. The van der Waals surface area contributed by atoms with Crippen molar-refractivity contribution in [2.45, 2.75) is 33.0 Å². The van der Waals surface area contributed by atoms with Crippen molar-refractivity contribution in [2.75, 3.05) is 6.54 Å². The highest BCUT2D eigenvalue weighted by molar-refractivity contribution is 6.31. The lowest BCUT2D eigenvalue weighted by Gasteiger charge is -2.28. The lowest BCUT2D eigenvalue weighted by molar-refractivity contribution is 0.245. The van der Waals surface area contributed by atoms with Crippen LogP contribution in [-0.4, -0.2) is 16.0 Å². The van der Waals surface area contributed by atoms with Crippen molar-refractivity contribution >= 4 is 11.6 Å². The molecule has 0 bridgehead atoms. The highest BCUT2D eigenvalue weighted by Crippen LogP contribution is 2.23. The molecule has 0 N–H and O–H groups in total. The monoisotopic (exact) mass is 350 g/mol. The first-order chi connectivity index (χ1) is 12.2. The average Bonchev–Trinajstić information content (AvgIpc) is 2.97. The largest absolute Gasteiger partial charge is 0.347 e. The Bertz CT molecular complexity index is 881. The van der Waals surface area contributed by atoms with Crippen LogP contribution in [0.5, 0.6) is 0 Å². The maximum Gasteiger partial charge on any atom is 0.0487 e. The highest BCUT2D eigenvalue weighted by atomic mass is 35.5. The van der Waals surface area contributed by atoms with Crippen molar-refractivity contribution in [3.63, 3.8) is 0 Å². The Morgan fingerprint density at radius 1 is 0.880 bits per heavy atom. The quantitative estimate of drug-likeness (QED) is 0.638. The Balaban J connectivity index is 1.48. The minimum absolute atomic E-state index is 0.828. The van der Waals surface area contributed by atoms with Crippen molar-refractivity contribution in [1.29, 1.82) is 0 Å². The summed E-state index contributed by atoms with van der Waals surface area (Å²) in [5.41, 5.74) is 6.89. The number of hydrogen-bond donors (Lipinski definition) is 0. The van der Waals surface area contributed by atoms with E-state index in [9.17, 15) is 0 Å². The topological polar surface area (TPSA) is 8.17 Å². The zero-order valence-corrected chi connectivity index (χ0v) is 15.3. The van der Waals surface area contributed by atoms with Crippen molar-refractivity contribution in [3.05, 3.63) is 93.8 Å². The van der Waals surface area contributed by atoms with Crippen LogP contribution < -0.4 is 0 Å². The first-order valence-corrected chi connectivity index (χ1v) is 9.25. The smallest absolute Gasteiger partial charge is 0.0487 e. The standard InChI is InChI=1S/C22H23ClN2/c1-17-19(11-13-25(17)16-21-8-4-5-9-22(21)23)14-24-12-10-18-6-2-3-7-20(18)15-24/h2-9,11,13H,10,12,14-16H2,1H3. The molecular formula is C22H23ClN2. The van der Waals surface area contributed by atoms with Crippen molar-refractivity contribution in [2.24, 2.45) is 0 Å². The van der Waals surface area contributed by atoms with E-state index in [-0.39, 0.29) is 0 Å². The number of fused-ring (bicyclic) bond motifs is 1. The van der Waals surface area contributed by atoms with Gasteiger partial charge in [-0.1, -0.05) is 54.1 Å². The maximum atomic E-state index is 6.32. The number of rotatable bonds is 4. The van der Waals surface area contributed by atoms with Crippen LogP contribution in [0.15, 0.2) is 60.8 Å². The fraction of sp³-hybridized carbons (Fsp3) is 0.273. The maximum absolute atomic E-state index is 6.32. The highest BCUT2D eigenvalue weighted by Gasteiger charge is 2.17. The van der Waals surface area contributed by atoms with Crippen LogP contribution in [0.2, 0.25) is 5.02 Å². The minimum Gasteiger partial charge on any atom is -0.347 e. The van der Waals surface area contributed by atoms with Gasteiger partial charge in [0.25, 0.3) is 0 Å². The van der Waals surface area contributed by atoms with Gasteiger partial charge >= 0.3 is 0 Å². The van der Waals surface area contributed by atoms with Gasteiger partial charge in [-0.2, -0.15) is 0 Å². The Kier molecular flexibility index (Phi) is 4.65. The van der Waals surface area contributed by atoms with E-state index in [0.717, 1.165) is 37.6 Å². The van der Waals surface area contributed by atoms with Gasteiger partial charge in [-0.05, 0) is 47.7 Å². The fourth-order valence-electron chi connectivity index (χ4n) is 3.68. The van der Waals surface area contributed by atoms with Crippen LogP contribution in [0, 0.1) is 6.92 Å². The molecule has 0 saturated heterocycles.